The molecule has 10 heteroatoms. The van der Waals surface area contributed by atoms with E-state index in [1.54, 1.807) is 0 Å². The van der Waals surface area contributed by atoms with Crippen molar-refractivity contribution in [2.45, 2.75) is 25.6 Å². The highest BCUT2D eigenvalue weighted by Crippen LogP contribution is 2.31. The molecule has 1 rings (SSSR count). The van der Waals surface area contributed by atoms with Gasteiger partial charge in [0.1, 0.15) is 0 Å². The molecule has 0 bridgehead atoms. The minimum absolute atomic E-state index is 0.0218. The van der Waals surface area contributed by atoms with Crippen molar-refractivity contribution in [3.05, 3.63) is 23.8 Å². The van der Waals surface area contributed by atoms with E-state index in [2.05, 4.69) is 4.72 Å². The van der Waals surface area contributed by atoms with Gasteiger partial charge in [0.15, 0.2) is 0 Å². The fourth-order valence-electron chi connectivity index (χ4n) is 1.45. The fraction of sp³-hybridized carbons (Fsp3) is 0.417. The van der Waals surface area contributed by atoms with Gasteiger partial charge in [0, 0.05) is 11.4 Å². The van der Waals surface area contributed by atoms with Gasteiger partial charge in [0.25, 0.3) is 5.91 Å². The number of aryl methyl sites for hydroxylation is 1. The lowest BCUT2D eigenvalue weighted by molar-refractivity contribution is -0.242. The molecule has 1 atom stereocenters. The first kappa shape index (κ1) is 18.2. The Morgan fingerprint density at radius 2 is 1.82 bits per heavy atom. The second-order valence-electron chi connectivity index (χ2n) is 4.93. The van der Waals surface area contributed by atoms with Crippen molar-refractivity contribution in [1.82, 2.24) is 0 Å². The summed E-state index contributed by atoms with van der Waals surface area (Å²) in [5, 5.41) is 11.2. The molecule has 0 saturated heterocycles. The molecule has 0 radical (unpaired) electrons. The number of rotatable bonds is 4. The van der Waals surface area contributed by atoms with E-state index in [9.17, 15) is 31.5 Å². The molecule has 0 unspecified atom stereocenters. The predicted octanol–water partition coefficient (Wildman–Crippen LogP) is 1.62. The van der Waals surface area contributed by atoms with Crippen molar-refractivity contribution in [3.63, 3.8) is 0 Å². The topological polar surface area (TPSA) is 95.5 Å². The van der Waals surface area contributed by atoms with Gasteiger partial charge >= 0.3 is 6.18 Å². The predicted molar refractivity (Wildman–Crippen MR) is 75.0 cm³/mol. The smallest absolute Gasteiger partial charge is 0.373 e. The number of alkyl halides is 3. The summed E-state index contributed by atoms with van der Waals surface area (Å²) in [4.78, 5) is 11.6. The van der Waals surface area contributed by atoms with Crippen LogP contribution < -0.4 is 10.0 Å². The SMILES string of the molecule is Cc1cc(NS(C)(=O)=O)ccc1NC(=O)[C@@](C)(O)C(F)(F)F. The number of sulfonamides is 1. The molecule has 0 fully saturated rings. The highest BCUT2D eigenvalue weighted by Gasteiger charge is 2.55. The number of carbonyl (C=O) groups is 1. The molecular weight excluding hydrogens is 325 g/mol. The normalized spacial score (nSPS) is 15.0. The van der Waals surface area contributed by atoms with Crippen LogP contribution in [0.1, 0.15) is 12.5 Å². The van der Waals surface area contributed by atoms with Gasteiger partial charge in [-0.05, 0) is 37.6 Å². The zero-order valence-electron chi connectivity index (χ0n) is 11.9. The van der Waals surface area contributed by atoms with E-state index in [0.29, 0.717) is 12.5 Å². The van der Waals surface area contributed by atoms with Crippen LogP contribution in [-0.4, -0.2) is 37.5 Å². The first-order valence-corrected chi connectivity index (χ1v) is 7.82. The number of benzene rings is 1. The van der Waals surface area contributed by atoms with Crippen LogP contribution in [-0.2, 0) is 14.8 Å². The van der Waals surface area contributed by atoms with E-state index in [-0.39, 0.29) is 11.4 Å². The van der Waals surface area contributed by atoms with Crippen molar-refractivity contribution < 1.29 is 31.5 Å². The molecule has 0 aliphatic heterocycles. The van der Waals surface area contributed by atoms with Crippen LogP contribution in [0.5, 0.6) is 0 Å². The van der Waals surface area contributed by atoms with Crippen molar-refractivity contribution in [2.75, 3.05) is 16.3 Å². The van der Waals surface area contributed by atoms with Gasteiger partial charge in [-0.15, -0.1) is 0 Å². The highest BCUT2D eigenvalue weighted by molar-refractivity contribution is 7.92. The number of hydrogen-bond donors (Lipinski definition) is 3. The maximum Gasteiger partial charge on any atom is 0.426 e. The van der Waals surface area contributed by atoms with Crippen molar-refractivity contribution in [3.8, 4) is 0 Å². The molecule has 0 saturated carbocycles. The van der Waals surface area contributed by atoms with E-state index in [1.165, 1.54) is 25.1 Å². The molecule has 124 valence electrons. The molecule has 0 spiro atoms. The number of hydrogen-bond acceptors (Lipinski definition) is 4. The van der Waals surface area contributed by atoms with Gasteiger partial charge in [-0.1, -0.05) is 0 Å². The molecule has 1 amide bonds. The van der Waals surface area contributed by atoms with Crippen LogP contribution in [0.2, 0.25) is 0 Å². The van der Waals surface area contributed by atoms with E-state index in [1.807, 2.05) is 5.32 Å². The summed E-state index contributed by atoms with van der Waals surface area (Å²) >= 11 is 0. The largest absolute Gasteiger partial charge is 0.426 e. The molecule has 0 aliphatic rings. The molecule has 22 heavy (non-hydrogen) atoms. The Balaban J connectivity index is 2.99. The Hall–Kier alpha value is -1.81. The summed E-state index contributed by atoms with van der Waals surface area (Å²) in [5.74, 6) is -1.63. The summed E-state index contributed by atoms with van der Waals surface area (Å²) in [5.41, 5.74) is -3.00. The lowest BCUT2D eigenvalue weighted by Gasteiger charge is -2.25. The number of nitrogens with one attached hydrogen (secondary N) is 2. The summed E-state index contributed by atoms with van der Waals surface area (Å²) in [6.45, 7) is 1.81. The third-order valence-electron chi connectivity index (χ3n) is 2.77. The first-order chi connectivity index (χ1) is 9.74. The minimum Gasteiger partial charge on any atom is -0.373 e. The van der Waals surface area contributed by atoms with Crippen molar-refractivity contribution in [2.24, 2.45) is 0 Å². The lowest BCUT2D eigenvalue weighted by Crippen LogP contribution is -2.52. The van der Waals surface area contributed by atoms with Gasteiger partial charge in [-0.3, -0.25) is 9.52 Å². The van der Waals surface area contributed by atoms with Crippen LogP contribution in [0.25, 0.3) is 0 Å². The molecule has 6 nitrogen and oxygen atoms in total. The van der Waals surface area contributed by atoms with Gasteiger partial charge in [0.2, 0.25) is 15.6 Å². The zero-order chi connectivity index (χ0) is 17.3. The van der Waals surface area contributed by atoms with Crippen LogP contribution in [0.3, 0.4) is 0 Å². The fourth-order valence-corrected chi connectivity index (χ4v) is 2.01. The van der Waals surface area contributed by atoms with E-state index < -0.39 is 27.7 Å². The second kappa shape index (κ2) is 5.76. The summed E-state index contributed by atoms with van der Waals surface area (Å²) in [6, 6.07) is 3.83. The molecule has 0 aliphatic carbocycles. The van der Waals surface area contributed by atoms with Crippen LogP contribution in [0.4, 0.5) is 24.5 Å². The maximum atomic E-state index is 12.5. The number of halogens is 3. The van der Waals surface area contributed by atoms with Crippen LogP contribution in [0, 0.1) is 6.92 Å². The molecule has 1 aromatic rings. The monoisotopic (exact) mass is 340 g/mol. The molecule has 0 heterocycles. The van der Waals surface area contributed by atoms with E-state index >= 15 is 0 Å². The Kier molecular flexibility index (Phi) is 4.78. The minimum atomic E-state index is -5.12. The van der Waals surface area contributed by atoms with E-state index in [4.69, 9.17) is 0 Å². The Labute approximate surface area is 125 Å². The van der Waals surface area contributed by atoms with Gasteiger partial charge in [0.05, 0.1) is 6.26 Å². The number of carbonyl (C=O) groups excluding carboxylic acids is 1. The standard InChI is InChI=1S/C12H15F3N2O4S/c1-7-6-8(17-22(3,20)21)4-5-9(7)16-10(18)11(2,19)12(13,14)15/h4-6,17,19H,1-3H3,(H,16,18)/t11-/m1/s1. The lowest BCUT2D eigenvalue weighted by atomic mass is 10.1. The molecule has 3 N–H and O–H groups in total. The van der Waals surface area contributed by atoms with E-state index in [0.717, 1.165) is 6.26 Å². The maximum absolute atomic E-state index is 12.5. The highest BCUT2D eigenvalue weighted by atomic mass is 32.2. The Morgan fingerprint density at radius 1 is 1.27 bits per heavy atom. The Morgan fingerprint density at radius 3 is 2.23 bits per heavy atom. The molecule has 1 aromatic carbocycles. The van der Waals surface area contributed by atoms with Gasteiger partial charge < -0.3 is 10.4 Å². The molecule has 0 aromatic heterocycles. The van der Waals surface area contributed by atoms with Crippen molar-refractivity contribution >= 4 is 27.3 Å². The van der Waals surface area contributed by atoms with Crippen molar-refractivity contribution in [1.29, 1.82) is 0 Å². The summed E-state index contributed by atoms with van der Waals surface area (Å²) < 4.78 is 62.0. The van der Waals surface area contributed by atoms with Crippen LogP contribution >= 0.6 is 0 Å². The number of anilines is 2. The third-order valence-corrected chi connectivity index (χ3v) is 3.38. The van der Waals surface area contributed by atoms with Crippen LogP contribution in [0.15, 0.2) is 18.2 Å². The average Bonchev–Trinajstić information content (AvgIpc) is 2.28. The quantitative estimate of drug-likeness (QED) is 0.776. The molecular formula is C12H15F3N2O4S. The zero-order valence-corrected chi connectivity index (χ0v) is 12.8. The number of aliphatic hydroxyl groups is 1. The Bertz CT molecular complexity index is 684. The summed E-state index contributed by atoms with van der Waals surface area (Å²) in [6.07, 6.45) is -4.18. The second-order valence-corrected chi connectivity index (χ2v) is 6.68. The van der Waals surface area contributed by atoms with Gasteiger partial charge in [-0.25, -0.2) is 8.42 Å². The first-order valence-electron chi connectivity index (χ1n) is 5.93. The van der Waals surface area contributed by atoms with Gasteiger partial charge in [-0.2, -0.15) is 13.2 Å². The summed E-state index contributed by atoms with van der Waals surface area (Å²) in [7, 11) is -3.50. The average molecular weight is 340 g/mol. The number of amides is 1. The third kappa shape index (κ3) is 4.34.